The number of nitrogens with one attached hydrogen (secondary N) is 2. The summed E-state index contributed by atoms with van der Waals surface area (Å²) in [5.74, 6) is -0.00724. The maximum Gasteiger partial charge on any atom is 0.341 e. The number of anilines is 1. The van der Waals surface area contributed by atoms with Crippen LogP contribution in [0, 0.1) is 0 Å². The lowest BCUT2D eigenvalue weighted by Gasteiger charge is -2.12. The fraction of sp³-hybridized carbons (Fsp3) is 0.276. The standard InChI is InChI=1S/C29H28BrN5O5S2/c1-3-40-28(38)25-20-8-6-10-22(20)42-27(25)32-24(36)16-41-29-34-33-23(35(29)18-13-11-17(30)12-14-18)15-31-26(37)19-7-4-5-9-21(19)39-2/h4-5,7,9,11-14H,3,6,8,10,15-16H2,1-2H3,(H,31,37)(H,32,36). The zero-order valence-electron chi connectivity index (χ0n) is 22.9. The van der Waals surface area contributed by atoms with Crippen LogP contribution >= 0.6 is 39.0 Å². The number of benzene rings is 2. The molecule has 42 heavy (non-hydrogen) atoms. The topological polar surface area (TPSA) is 124 Å². The monoisotopic (exact) mass is 669 g/mol. The maximum absolute atomic E-state index is 13.1. The van der Waals surface area contributed by atoms with Gasteiger partial charge in [-0.2, -0.15) is 0 Å². The van der Waals surface area contributed by atoms with Crippen LogP contribution in [-0.4, -0.2) is 52.0 Å². The summed E-state index contributed by atoms with van der Waals surface area (Å²) in [6.07, 6.45) is 2.69. The first-order chi connectivity index (χ1) is 20.4. The van der Waals surface area contributed by atoms with Gasteiger partial charge in [0.1, 0.15) is 10.8 Å². The molecule has 1 aliphatic rings. The molecule has 0 atom stereocenters. The lowest BCUT2D eigenvalue weighted by Crippen LogP contribution is -2.25. The number of hydrogen-bond acceptors (Lipinski definition) is 9. The number of fused-ring (bicyclic) bond motifs is 1. The van der Waals surface area contributed by atoms with Crippen LogP contribution in [0.3, 0.4) is 0 Å². The van der Waals surface area contributed by atoms with E-state index in [4.69, 9.17) is 9.47 Å². The summed E-state index contributed by atoms with van der Waals surface area (Å²) in [5, 5.41) is 15.5. The van der Waals surface area contributed by atoms with Crippen molar-refractivity contribution in [3.8, 4) is 11.4 Å². The fourth-order valence-electron chi connectivity index (χ4n) is 4.65. The normalized spacial score (nSPS) is 12.1. The van der Waals surface area contributed by atoms with Crippen LogP contribution in [0.15, 0.2) is 58.2 Å². The van der Waals surface area contributed by atoms with Crippen LogP contribution in [0.25, 0.3) is 5.69 Å². The first-order valence-corrected chi connectivity index (χ1v) is 15.8. The molecule has 2 heterocycles. The number of carbonyl (C=O) groups excluding carboxylic acids is 3. The Morgan fingerprint density at radius 1 is 1.10 bits per heavy atom. The van der Waals surface area contributed by atoms with E-state index in [0.29, 0.717) is 32.9 Å². The number of rotatable bonds is 11. The number of ether oxygens (including phenoxy) is 2. The molecule has 0 fully saturated rings. The minimum Gasteiger partial charge on any atom is -0.496 e. The van der Waals surface area contributed by atoms with Crippen LogP contribution in [0.4, 0.5) is 5.00 Å². The lowest BCUT2D eigenvalue weighted by molar-refractivity contribution is -0.113. The van der Waals surface area contributed by atoms with Gasteiger partial charge in [0.15, 0.2) is 11.0 Å². The van der Waals surface area contributed by atoms with Crippen LogP contribution in [0.1, 0.15) is 50.3 Å². The van der Waals surface area contributed by atoms with Gasteiger partial charge in [0.25, 0.3) is 5.91 Å². The van der Waals surface area contributed by atoms with E-state index in [9.17, 15) is 14.4 Å². The summed E-state index contributed by atoms with van der Waals surface area (Å²) in [6, 6.07) is 14.5. The number of halogens is 1. The van der Waals surface area contributed by atoms with Crippen LogP contribution in [-0.2, 0) is 28.9 Å². The molecule has 2 amide bonds. The number of esters is 1. The van der Waals surface area contributed by atoms with Crippen molar-refractivity contribution in [1.29, 1.82) is 0 Å². The molecular formula is C29H28BrN5O5S2. The molecule has 0 aliphatic heterocycles. The zero-order chi connectivity index (χ0) is 29.6. The van der Waals surface area contributed by atoms with Crippen molar-refractivity contribution in [2.75, 3.05) is 24.8 Å². The molecule has 0 saturated heterocycles. The van der Waals surface area contributed by atoms with Crippen molar-refractivity contribution >= 4 is 61.8 Å². The number of nitrogens with zero attached hydrogens (tertiary/aromatic N) is 3. The molecule has 0 radical (unpaired) electrons. The molecule has 0 spiro atoms. The third-order valence-corrected chi connectivity index (χ3v) is 9.19. The van der Waals surface area contributed by atoms with E-state index in [1.54, 1.807) is 35.8 Å². The Bertz CT molecular complexity index is 1620. The van der Waals surface area contributed by atoms with Crippen molar-refractivity contribution < 1.29 is 23.9 Å². The largest absolute Gasteiger partial charge is 0.496 e. The van der Waals surface area contributed by atoms with Crippen LogP contribution < -0.4 is 15.4 Å². The summed E-state index contributed by atoms with van der Waals surface area (Å²) in [6.45, 7) is 2.12. The number of aromatic nitrogens is 3. The Morgan fingerprint density at radius 2 is 1.88 bits per heavy atom. The molecule has 2 aromatic heterocycles. The molecule has 0 saturated carbocycles. The van der Waals surface area contributed by atoms with E-state index < -0.39 is 5.97 Å². The fourth-order valence-corrected chi connectivity index (χ4v) is 6.98. The number of methoxy groups -OCH3 is 1. The van der Waals surface area contributed by atoms with Gasteiger partial charge >= 0.3 is 5.97 Å². The molecule has 0 bridgehead atoms. The molecule has 0 unspecified atom stereocenters. The summed E-state index contributed by atoms with van der Waals surface area (Å²) >= 11 is 6.11. The molecule has 2 N–H and O–H groups in total. The predicted octanol–water partition coefficient (Wildman–Crippen LogP) is 5.43. The van der Waals surface area contributed by atoms with Crippen molar-refractivity contribution in [2.24, 2.45) is 0 Å². The molecule has 2 aromatic carbocycles. The highest BCUT2D eigenvalue weighted by molar-refractivity contribution is 9.10. The molecule has 10 nitrogen and oxygen atoms in total. The van der Waals surface area contributed by atoms with Gasteiger partial charge in [0.05, 0.1) is 37.1 Å². The number of amides is 2. The van der Waals surface area contributed by atoms with Crippen LogP contribution in [0.5, 0.6) is 5.75 Å². The molecule has 4 aromatic rings. The van der Waals surface area contributed by atoms with E-state index in [1.165, 1.54) is 30.2 Å². The van der Waals surface area contributed by atoms with E-state index in [1.807, 2.05) is 24.3 Å². The van der Waals surface area contributed by atoms with Gasteiger partial charge in [-0.3, -0.25) is 14.2 Å². The Balaban J connectivity index is 1.33. The maximum atomic E-state index is 13.1. The first-order valence-electron chi connectivity index (χ1n) is 13.2. The third-order valence-electron chi connectivity index (χ3n) is 6.53. The lowest BCUT2D eigenvalue weighted by atomic mass is 10.1. The molecule has 1 aliphatic carbocycles. The van der Waals surface area contributed by atoms with E-state index in [0.717, 1.165) is 39.9 Å². The first kappa shape index (κ1) is 29.8. The number of carbonyl (C=O) groups is 3. The Labute approximate surface area is 259 Å². The van der Waals surface area contributed by atoms with Gasteiger partial charge in [0, 0.05) is 15.0 Å². The second-order valence-electron chi connectivity index (χ2n) is 9.21. The van der Waals surface area contributed by atoms with Crippen molar-refractivity contribution in [3.63, 3.8) is 0 Å². The summed E-state index contributed by atoms with van der Waals surface area (Å²) < 4.78 is 13.3. The third kappa shape index (κ3) is 6.53. The molecular weight excluding hydrogens is 642 g/mol. The molecule has 5 rings (SSSR count). The second kappa shape index (κ2) is 13.5. The van der Waals surface area contributed by atoms with Gasteiger partial charge in [0.2, 0.25) is 5.91 Å². The minimum atomic E-state index is -0.408. The second-order valence-corrected chi connectivity index (χ2v) is 12.2. The van der Waals surface area contributed by atoms with E-state index in [-0.39, 0.29) is 30.7 Å². The van der Waals surface area contributed by atoms with Crippen molar-refractivity contribution in [1.82, 2.24) is 20.1 Å². The number of aryl methyl sites for hydroxylation is 1. The van der Waals surface area contributed by atoms with E-state index in [2.05, 4.69) is 36.8 Å². The molecule has 218 valence electrons. The summed E-state index contributed by atoms with van der Waals surface area (Å²) in [5.41, 5.74) is 2.63. The van der Waals surface area contributed by atoms with Crippen LogP contribution in [0.2, 0.25) is 0 Å². The smallest absolute Gasteiger partial charge is 0.341 e. The quantitative estimate of drug-likeness (QED) is 0.160. The Morgan fingerprint density at radius 3 is 2.64 bits per heavy atom. The average Bonchev–Trinajstić information content (AvgIpc) is 3.70. The Kier molecular flexibility index (Phi) is 9.60. The predicted molar refractivity (Wildman–Crippen MR) is 165 cm³/mol. The Hall–Kier alpha value is -3.68. The van der Waals surface area contributed by atoms with E-state index >= 15 is 0 Å². The zero-order valence-corrected chi connectivity index (χ0v) is 26.2. The highest BCUT2D eigenvalue weighted by Crippen LogP contribution is 2.39. The van der Waals surface area contributed by atoms with Crippen molar-refractivity contribution in [3.05, 3.63) is 80.4 Å². The minimum absolute atomic E-state index is 0.0348. The van der Waals surface area contributed by atoms with Gasteiger partial charge in [-0.25, -0.2) is 4.79 Å². The highest BCUT2D eigenvalue weighted by Gasteiger charge is 2.28. The highest BCUT2D eigenvalue weighted by atomic mass is 79.9. The summed E-state index contributed by atoms with van der Waals surface area (Å²) in [7, 11) is 1.51. The average molecular weight is 671 g/mol. The summed E-state index contributed by atoms with van der Waals surface area (Å²) in [4.78, 5) is 39.8. The van der Waals surface area contributed by atoms with Gasteiger partial charge in [-0.15, -0.1) is 21.5 Å². The number of thioether (sulfide) groups is 1. The van der Waals surface area contributed by atoms with Gasteiger partial charge in [-0.1, -0.05) is 39.8 Å². The van der Waals surface area contributed by atoms with Gasteiger partial charge < -0.3 is 20.1 Å². The number of hydrogen-bond donors (Lipinski definition) is 2. The number of thiophene rings is 1. The van der Waals surface area contributed by atoms with Gasteiger partial charge in [-0.05, 0) is 68.1 Å². The SMILES string of the molecule is CCOC(=O)c1c(NC(=O)CSc2nnc(CNC(=O)c3ccccc3OC)n2-c2ccc(Br)cc2)sc2c1CCC2. The number of para-hydroxylation sites is 1. The molecule has 13 heteroatoms. The van der Waals surface area contributed by atoms with Crippen molar-refractivity contribution in [2.45, 2.75) is 37.9 Å².